The zero-order valence-electron chi connectivity index (χ0n) is 11.0. The molecule has 2 aromatic rings. The first-order chi connectivity index (χ1) is 9.67. The van der Waals surface area contributed by atoms with Crippen LogP contribution in [0.1, 0.15) is 37.9 Å². The van der Waals surface area contributed by atoms with Crippen LogP contribution in [-0.2, 0) is 6.54 Å². The van der Waals surface area contributed by atoms with Crippen LogP contribution in [0.4, 0.5) is 0 Å². The summed E-state index contributed by atoms with van der Waals surface area (Å²) in [6.45, 7) is 2.68. The van der Waals surface area contributed by atoms with E-state index in [1.807, 2.05) is 13.0 Å². The Morgan fingerprint density at radius 3 is 3.00 bits per heavy atom. The van der Waals surface area contributed by atoms with Gasteiger partial charge in [0.2, 0.25) is 0 Å². The van der Waals surface area contributed by atoms with Crippen LogP contribution in [0.5, 0.6) is 0 Å². The van der Waals surface area contributed by atoms with Crippen molar-refractivity contribution in [3.8, 4) is 0 Å². The highest BCUT2D eigenvalue weighted by Gasteiger charge is 2.27. The maximum atomic E-state index is 11.7. The van der Waals surface area contributed by atoms with E-state index < -0.39 is 0 Å². The van der Waals surface area contributed by atoms with Crippen LogP contribution in [0.3, 0.4) is 0 Å². The molecule has 6 nitrogen and oxygen atoms in total. The molecule has 2 heterocycles. The second-order valence-corrected chi connectivity index (χ2v) is 6.53. The SMILES string of the molecule is CCCn1c(Sc2cc(Br)nc(C3CC3)n2)n[nH]c1=O. The van der Waals surface area contributed by atoms with Gasteiger partial charge in [-0.1, -0.05) is 6.92 Å². The van der Waals surface area contributed by atoms with Crippen molar-refractivity contribution in [2.75, 3.05) is 0 Å². The van der Waals surface area contributed by atoms with Gasteiger partial charge in [-0.15, -0.1) is 5.10 Å². The molecule has 0 saturated heterocycles. The van der Waals surface area contributed by atoms with Crippen LogP contribution in [0, 0.1) is 0 Å². The quantitative estimate of drug-likeness (QED) is 0.834. The lowest BCUT2D eigenvalue weighted by Gasteiger charge is -2.05. The van der Waals surface area contributed by atoms with Gasteiger partial charge in [-0.3, -0.25) is 4.57 Å². The monoisotopic (exact) mass is 355 g/mol. The molecule has 8 heteroatoms. The topological polar surface area (TPSA) is 76.5 Å². The van der Waals surface area contributed by atoms with Crippen LogP contribution < -0.4 is 5.69 Å². The zero-order chi connectivity index (χ0) is 14.1. The number of halogens is 1. The molecule has 0 bridgehead atoms. The lowest BCUT2D eigenvalue weighted by molar-refractivity contribution is 0.603. The van der Waals surface area contributed by atoms with Gasteiger partial charge in [-0.25, -0.2) is 19.9 Å². The summed E-state index contributed by atoms with van der Waals surface area (Å²) in [6, 6.07) is 1.85. The fourth-order valence-corrected chi connectivity index (χ4v) is 3.31. The molecule has 1 aliphatic carbocycles. The van der Waals surface area contributed by atoms with E-state index in [9.17, 15) is 4.79 Å². The summed E-state index contributed by atoms with van der Waals surface area (Å²) < 4.78 is 2.41. The van der Waals surface area contributed by atoms with Gasteiger partial charge in [0.25, 0.3) is 0 Å². The summed E-state index contributed by atoms with van der Waals surface area (Å²) in [4.78, 5) is 20.6. The molecule has 0 spiro atoms. The number of nitrogens with zero attached hydrogens (tertiary/aromatic N) is 4. The molecule has 0 aromatic carbocycles. The van der Waals surface area contributed by atoms with E-state index >= 15 is 0 Å². The largest absolute Gasteiger partial charge is 0.343 e. The van der Waals surface area contributed by atoms with E-state index in [4.69, 9.17) is 0 Å². The van der Waals surface area contributed by atoms with Crippen LogP contribution in [0.2, 0.25) is 0 Å². The first-order valence-corrected chi connectivity index (χ1v) is 8.16. The zero-order valence-corrected chi connectivity index (χ0v) is 13.4. The molecular formula is C12H14BrN5OS. The Morgan fingerprint density at radius 2 is 2.30 bits per heavy atom. The minimum absolute atomic E-state index is 0.176. The van der Waals surface area contributed by atoms with Crippen molar-refractivity contribution in [2.24, 2.45) is 0 Å². The van der Waals surface area contributed by atoms with Gasteiger partial charge in [0, 0.05) is 18.5 Å². The minimum atomic E-state index is -0.176. The van der Waals surface area contributed by atoms with Gasteiger partial charge >= 0.3 is 5.69 Å². The number of nitrogens with one attached hydrogen (secondary N) is 1. The van der Waals surface area contributed by atoms with Crippen LogP contribution in [0.15, 0.2) is 25.6 Å². The van der Waals surface area contributed by atoms with Crippen LogP contribution in [-0.4, -0.2) is 24.7 Å². The Labute approximate surface area is 128 Å². The molecule has 0 aliphatic heterocycles. The summed E-state index contributed by atoms with van der Waals surface area (Å²) in [5, 5.41) is 8.00. The molecule has 1 N–H and O–H groups in total. The first kappa shape index (κ1) is 13.8. The molecule has 0 atom stereocenters. The van der Waals surface area contributed by atoms with Crippen LogP contribution in [0.25, 0.3) is 0 Å². The average Bonchev–Trinajstić information content (AvgIpc) is 3.20. The number of hydrogen-bond acceptors (Lipinski definition) is 5. The van der Waals surface area contributed by atoms with Crippen molar-refractivity contribution in [3.63, 3.8) is 0 Å². The fraction of sp³-hybridized carbons (Fsp3) is 0.500. The van der Waals surface area contributed by atoms with Crippen molar-refractivity contribution in [2.45, 2.75) is 48.8 Å². The lowest BCUT2D eigenvalue weighted by atomic mass is 10.4. The third-order valence-corrected chi connectivity index (χ3v) is 4.32. The van der Waals surface area contributed by atoms with E-state index in [0.29, 0.717) is 17.6 Å². The smallest absolute Gasteiger partial charge is 0.270 e. The second kappa shape index (κ2) is 5.69. The van der Waals surface area contributed by atoms with Gasteiger partial charge in [0.15, 0.2) is 5.16 Å². The second-order valence-electron chi connectivity index (χ2n) is 4.73. The van der Waals surface area contributed by atoms with Crippen molar-refractivity contribution >= 4 is 27.7 Å². The van der Waals surface area contributed by atoms with E-state index in [-0.39, 0.29) is 5.69 Å². The molecule has 1 fully saturated rings. The Bertz CT molecular complexity index is 679. The summed E-state index contributed by atoms with van der Waals surface area (Å²) in [6.07, 6.45) is 3.20. The summed E-state index contributed by atoms with van der Waals surface area (Å²) >= 11 is 4.80. The summed E-state index contributed by atoms with van der Waals surface area (Å²) in [5.41, 5.74) is -0.176. The fourth-order valence-electron chi connectivity index (χ4n) is 1.89. The molecular weight excluding hydrogens is 342 g/mol. The molecule has 2 aromatic heterocycles. The molecule has 1 saturated carbocycles. The van der Waals surface area contributed by atoms with Gasteiger partial charge in [-0.05, 0) is 47.0 Å². The highest BCUT2D eigenvalue weighted by atomic mass is 79.9. The van der Waals surface area contributed by atoms with E-state index in [2.05, 4.69) is 36.1 Å². The predicted octanol–water partition coefficient (Wildman–Crippen LogP) is 2.56. The standard InChI is InChI=1S/C12H14BrN5OS/c1-2-5-18-11(19)16-17-12(18)20-9-6-8(13)14-10(15-9)7-3-4-7/h6-7H,2-5H2,1H3,(H,16,19). The number of aromatic nitrogens is 5. The molecule has 3 rings (SSSR count). The Hall–Kier alpha value is -1.15. The normalized spacial score (nSPS) is 14.7. The highest BCUT2D eigenvalue weighted by molar-refractivity contribution is 9.10. The maximum Gasteiger partial charge on any atom is 0.343 e. The van der Waals surface area contributed by atoms with Crippen molar-refractivity contribution in [1.29, 1.82) is 0 Å². The summed E-state index contributed by atoms with van der Waals surface area (Å²) in [7, 11) is 0. The lowest BCUT2D eigenvalue weighted by Crippen LogP contribution is -2.17. The Kier molecular flexibility index (Phi) is 3.93. The first-order valence-electron chi connectivity index (χ1n) is 6.55. The molecule has 1 aliphatic rings. The van der Waals surface area contributed by atoms with E-state index in [1.165, 1.54) is 11.8 Å². The highest BCUT2D eigenvalue weighted by Crippen LogP contribution is 2.39. The Balaban J connectivity index is 1.89. The molecule has 20 heavy (non-hydrogen) atoms. The number of hydrogen-bond donors (Lipinski definition) is 1. The van der Waals surface area contributed by atoms with Gasteiger partial charge < -0.3 is 0 Å². The van der Waals surface area contributed by atoms with Crippen molar-refractivity contribution in [1.82, 2.24) is 24.7 Å². The molecule has 0 radical (unpaired) electrons. The number of aromatic amines is 1. The van der Waals surface area contributed by atoms with Gasteiger partial charge in [-0.2, -0.15) is 0 Å². The number of H-pyrrole nitrogens is 1. The van der Waals surface area contributed by atoms with E-state index in [1.54, 1.807) is 4.57 Å². The molecule has 106 valence electrons. The minimum Gasteiger partial charge on any atom is -0.270 e. The molecule has 0 unspecified atom stereocenters. The summed E-state index contributed by atoms with van der Waals surface area (Å²) in [5.74, 6) is 1.37. The molecule has 0 amide bonds. The average molecular weight is 356 g/mol. The Morgan fingerprint density at radius 1 is 1.50 bits per heavy atom. The van der Waals surface area contributed by atoms with Gasteiger partial charge in [0.05, 0.1) is 0 Å². The maximum absolute atomic E-state index is 11.7. The third-order valence-electron chi connectivity index (χ3n) is 3.00. The third kappa shape index (κ3) is 2.95. The van der Waals surface area contributed by atoms with Crippen molar-refractivity contribution in [3.05, 3.63) is 27.0 Å². The van der Waals surface area contributed by atoms with Gasteiger partial charge in [0.1, 0.15) is 15.5 Å². The van der Waals surface area contributed by atoms with Crippen LogP contribution >= 0.6 is 27.7 Å². The van der Waals surface area contributed by atoms with Crippen molar-refractivity contribution < 1.29 is 0 Å². The predicted molar refractivity (Wildman–Crippen MR) is 79.0 cm³/mol. The van der Waals surface area contributed by atoms with E-state index in [0.717, 1.165) is 34.7 Å². The number of rotatable bonds is 5.